The summed E-state index contributed by atoms with van der Waals surface area (Å²) in [4.78, 5) is 13.5. The zero-order chi connectivity index (χ0) is 11.0. The van der Waals surface area contributed by atoms with Crippen molar-refractivity contribution in [2.24, 2.45) is 0 Å². The standard InChI is InChI=1S/C11H10O2S2/c1-6-3-4-14-9(6)10-7(2)5-8(15-10)11(12)13/h3-5H,1-2H3,(H,12,13). The first kappa shape index (κ1) is 10.4. The fourth-order valence-corrected chi connectivity index (χ4v) is 3.63. The lowest BCUT2D eigenvalue weighted by atomic mass is 10.2. The Kier molecular flexibility index (Phi) is 2.63. The van der Waals surface area contributed by atoms with Crippen molar-refractivity contribution in [3.63, 3.8) is 0 Å². The monoisotopic (exact) mass is 238 g/mol. The number of hydrogen-bond donors (Lipinski definition) is 1. The van der Waals surface area contributed by atoms with Crippen LogP contribution < -0.4 is 0 Å². The van der Waals surface area contributed by atoms with E-state index in [2.05, 4.69) is 6.07 Å². The first-order valence-electron chi connectivity index (χ1n) is 4.48. The average Bonchev–Trinajstić information content (AvgIpc) is 2.71. The Bertz CT molecular complexity index is 508. The molecule has 0 unspecified atom stereocenters. The first-order chi connectivity index (χ1) is 7.09. The second-order valence-electron chi connectivity index (χ2n) is 3.36. The van der Waals surface area contributed by atoms with Crippen molar-refractivity contribution < 1.29 is 9.90 Å². The van der Waals surface area contributed by atoms with Gasteiger partial charge < -0.3 is 5.11 Å². The number of thiophene rings is 2. The van der Waals surface area contributed by atoms with E-state index >= 15 is 0 Å². The molecule has 1 N–H and O–H groups in total. The Balaban J connectivity index is 2.54. The lowest BCUT2D eigenvalue weighted by Gasteiger charge is -1.96. The molecule has 0 amide bonds. The van der Waals surface area contributed by atoms with E-state index in [9.17, 15) is 4.79 Å². The van der Waals surface area contributed by atoms with Gasteiger partial charge in [-0.05, 0) is 42.5 Å². The molecule has 2 aromatic rings. The molecular weight excluding hydrogens is 228 g/mol. The number of carbonyl (C=O) groups is 1. The SMILES string of the molecule is Cc1ccsc1-c1sc(C(=O)O)cc1C. The molecule has 2 heterocycles. The van der Waals surface area contributed by atoms with Crippen LogP contribution in [0.25, 0.3) is 9.75 Å². The van der Waals surface area contributed by atoms with Crippen LogP contribution in [0.5, 0.6) is 0 Å². The molecule has 0 saturated heterocycles. The normalized spacial score (nSPS) is 10.5. The lowest BCUT2D eigenvalue weighted by Crippen LogP contribution is -1.89. The van der Waals surface area contributed by atoms with Crippen LogP contribution in [0.15, 0.2) is 17.5 Å². The van der Waals surface area contributed by atoms with Crippen LogP contribution in [-0.2, 0) is 0 Å². The Morgan fingerprint density at radius 3 is 2.47 bits per heavy atom. The van der Waals surface area contributed by atoms with Gasteiger partial charge in [-0.25, -0.2) is 4.79 Å². The predicted molar refractivity (Wildman–Crippen MR) is 64.1 cm³/mol. The minimum Gasteiger partial charge on any atom is -0.477 e. The largest absolute Gasteiger partial charge is 0.477 e. The van der Waals surface area contributed by atoms with Gasteiger partial charge in [0, 0.05) is 9.75 Å². The Hall–Kier alpha value is -1.13. The second kappa shape index (κ2) is 3.79. The van der Waals surface area contributed by atoms with Gasteiger partial charge in [0.1, 0.15) is 4.88 Å². The molecule has 4 heteroatoms. The van der Waals surface area contributed by atoms with Crippen molar-refractivity contribution in [2.45, 2.75) is 13.8 Å². The highest BCUT2D eigenvalue weighted by molar-refractivity contribution is 7.22. The fourth-order valence-electron chi connectivity index (χ4n) is 1.42. The Morgan fingerprint density at radius 1 is 1.27 bits per heavy atom. The molecule has 0 aromatic carbocycles. The highest BCUT2D eigenvalue weighted by Gasteiger charge is 2.14. The van der Waals surface area contributed by atoms with Crippen LogP contribution in [-0.4, -0.2) is 11.1 Å². The van der Waals surface area contributed by atoms with Crippen molar-refractivity contribution in [2.75, 3.05) is 0 Å². The van der Waals surface area contributed by atoms with Crippen LogP contribution in [0.4, 0.5) is 0 Å². The van der Waals surface area contributed by atoms with Gasteiger partial charge in [0.25, 0.3) is 0 Å². The van der Waals surface area contributed by atoms with Crippen molar-refractivity contribution >= 4 is 28.6 Å². The summed E-state index contributed by atoms with van der Waals surface area (Å²) in [5.74, 6) is -0.844. The maximum atomic E-state index is 10.8. The van der Waals surface area contributed by atoms with E-state index in [1.165, 1.54) is 21.8 Å². The molecule has 0 saturated carbocycles. The molecular formula is C11H10O2S2. The molecule has 78 valence electrons. The highest BCUT2D eigenvalue weighted by atomic mass is 32.1. The summed E-state index contributed by atoms with van der Waals surface area (Å²) < 4.78 is 0. The maximum absolute atomic E-state index is 10.8. The lowest BCUT2D eigenvalue weighted by molar-refractivity contribution is 0.0702. The van der Waals surface area contributed by atoms with Gasteiger partial charge in [0.2, 0.25) is 0 Å². The number of carboxylic acid groups (broad SMARTS) is 1. The zero-order valence-corrected chi connectivity index (χ0v) is 10.0. The van der Waals surface area contributed by atoms with Crippen LogP contribution >= 0.6 is 22.7 Å². The number of hydrogen-bond acceptors (Lipinski definition) is 3. The highest BCUT2D eigenvalue weighted by Crippen LogP contribution is 2.37. The zero-order valence-electron chi connectivity index (χ0n) is 8.40. The predicted octanol–water partition coefficient (Wildman–Crippen LogP) is 3.79. The summed E-state index contributed by atoms with van der Waals surface area (Å²) >= 11 is 3.01. The van der Waals surface area contributed by atoms with E-state index in [-0.39, 0.29) is 0 Å². The topological polar surface area (TPSA) is 37.3 Å². The van der Waals surface area contributed by atoms with Gasteiger partial charge in [-0.3, -0.25) is 0 Å². The molecule has 0 aliphatic heterocycles. The second-order valence-corrected chi connectivity index (χ2v) is 5.33. The van der Waals surface area contributed by atoms with Crippen LogP contribution in [0, 0.1) is 13.8 Å². The van der Waals surface area contributed by atoms with Crippen LogP contribution in [0.1, 0.15) is 20.8 Å². The molecule has 0 radical (unpaired) electrons. The van der Waals surface area contributed by atoms with E-state index in [0.29, 0.717) is 4.88 Å². The van der Waals surface area contributed by atoms with Gasteiger partial charge >= 0.3 is 5.97 Å². The quantitative estimate of drug-likeness (QED) is 0.864. The van der Waals surface area contributed by atoms with Gasteiger partial charge in [0.15, 0.2) is 0 Å². The van der Waals surface area contributed by atoms with Crippen molar-refractivity contribution in [3.8, 4) is 9.75 Å². The summed E-state index contributed by atoms with van der Waals surface area (Å²) in [6.45, 7) is 4.00. The van der Waals surface area contributed by atoms with E-state index in [0.717, 1.165) is 10.4 Å². The summed E-state index contributed by atoms with van der Waals surface area (Å²) in [6.07, 6.45) is 0. The minimum absolute atomic E-state index is 0.412. The Morgan fingerprint density at radius 2 is 2.00 bits per heavy atom. The third-order valence-corrected chi connectivity index (χ3v) is 4.60. The molecule has 15 heavy (non-hydrogen) atoms. The number of aryl methyl sites for hydroxylation is 2. The molecule has 2 aromatic heterocycles. The van der Waals surface area contributed by atoms with Crippen LogP contribution in [0.2, 0.25) is 0 Å². The van der Waals surface area contributed by atoms with Gasteiger partial charge in [0.05, 0.1) is 0 Å². The summed E-state index contributed by atoms with van der Waals surface area (Å²) in [6, 6.07) is 3.79. The number of carboxylic acids is 1. The number of aromatic carboxylic acids is 1. The van der Waals surface area contributed by atoms with Crippen LogP contribution in [0.3, 0.4) is 0 Å². The molecule has 0 aliphatic rings. The Labute approximate surface area is 95.8 Å². The first-order valence-corrected chi connectivity index (χ1v) is 6.17. The van der Waals surface area contributed by atoms with Crippen molar-refractivity contribution in [1.82, 2.24) is 0 Å². The average molecular weight is 238 g/mol. The molecule has 0 spiro atoms. The van der Waals surface area contributed by atoms with E-state index in [1.54, 1.807) is 17.4 Å². The van der Waals surface area contributed by atoms with Crippen molar-refractivity contribution in [3.05, 3.63) is 33.5 Å². The van der Waals surface area contributed by atoms with Gasteiger partial charge in [-0.15, -0.1) is 22.7 Å². The van der Waals surface area contributed by atoms with E-state index in [1.807, 2.05) is 19.2 Å². The summed E-state index contributed by atoms with van der Waals surface area (Å²) in [7, 11) is 0. The van der Waals surface area contributed by atoms with Gasteiger partial charge in [-0.2, -0.15) is 0 Å². The molecule has 0 bridgehead atoms. The molecule has 2 rings (SSSR count). The molecule has 0 fully saturated rings. The number of rotatable bonds is 2. The van der Waals surface area contributed by atoms with Gasteiger partial charge in [-0.1, -0.05) is 0 Å². The third kappa shape index (κ3) is 1.82. The molecule has 0 aliphatic carbocycles. The summed E-state index contributed by atoms with van der Waals surface area (Å²) in [5.41, 5.74) is 2.25. The maximum Gasteiger partial charge on any atom is 0.345 e. The smallest absolute Gasteiger partial charge is 0.345 e. The molecule has 0 atom stereocenters. The summed E-state index contributed by atoms with van der Waals surface area (Å²) in [5, 5.41) is 10.9. The van der Waals surface area contributed by atoms with E-state index in [4.69, 9.17) is 5.11 Å². The third-order valence-electron chi connectivity index (χ3n) is 2.20. The van der Waals surface area contributed by atoms with E-state index < -0.39 is 5.97 Å². The van der Waals surface area contributed by atoms with Crippen molar-refractivity contribution in [1.29, 1.82) is 0 Å². The fraction of sp³-hybridized carbons (Fsp3) is 0.182. The molecule has 2 nitrogen and oxygen atoms in total. The minimum atomic E-state index is -0.844.